The third-order valence-corrected chi connectivity index (χ3v) is 12.1. The number of halogens is 2. The molecule has 4 heterocycles. The standard InChI is InChI=1S/C49H54F2N10O/c1-48(2,37-11-15-39(50)16-12-37)31-54-45-21-19-41(56-58-45)33-7-5-9-35(27-33)43-29-52-23-25-60(43)47(62)61-26-24-53-30-44(61)36-10-6-8-34(28-36)42-20-22-46(59-57-42)55-32-49(3,4)38-13-17-40(51)18-14-38/h5-22,27-28,43-44,52-53H,23-26,29-32H2,1-4H3,(H,54,58)(H,55,59). The zero-order valence-electron chi connectivity index (χ0n) is 35.7. The number of hydrogen-bond acceptors (Lipinski definition) is 9. The Morgan fingerprint density at radius 3 is 1.40 bits per heavy atom. The van der Waals surface area contributed by atoms with E-state index in [0.717, 1.165) is 44.8 Å². The number of aromatic nitrogens is 4. The number of nitrogens with zero attached hydrogens (tertiary/aromatic N) is 6. The summed E-state index contributed by atoms with van der Waals surface area (Å²) in [5, 5.41) is 31.9. The summed E-state index contributed by atoms with van der Waals surface area (Å²) in [6.45, 7) is 13.5. The van der Waals surface area contributed by atoms with Crippen LogP contribution in [-0.2, 0) is 10.8 Å². The molecule has 2 saturated heterocycles. The number of benzene rings is 4. The predicted octanol–water partition coefficient (Wildman–Crippen LogP) is 8.37. The number of amides is 2. The number of hydrogen-bond donors (Lipinski definition) is 4. The molecule has 13 heteroatoms. The van der Waals surface area contributed by atoms with Gasteiger partial charge in [0.05, 0.1) is 23.5 Å². The van der Waals surface area contributed by atoms with Crippen molar-refractivity contribution in [2.75, 3.05) is 63.0 Å². The lowest BCUT2D eigenvalue weighted by Crippen LogP contribution is -2.57. The summed E-state index contributed by atoms with van der Waals surface area (Å²) in [7, 11) is 0. The van der Waals surface area contributed by atoms with Crippen LogP contribution < -0.4 is 21.3 Å². The minimum atomic E-state index is -0.251. The number of carbonyl (C=O) groups is 1. The molecule has 0 bridgehead atoms. The Morgan fingerprint density at radius 2 is 1.02 bits per heavy atom. The number of carbonyl (C=O) groups excluding carboxylic acids is 1. The highest BCUT2D eigenvalue weighted by Crippen LogP contribution is 2.33. The van der Waals surface area contributed by atoms with Crippen molar-refractivity contribution in [3.63, 3.8) is 0 Å². The molecule has 0 aliphatic carbocycles. The van der Waals surface area contributed by atoms with E-state index in [4.69, 9.17) is 0 Å². The van der Waals surface area contributed by atoms with Gasteiger partial charge in [-0.3, -0.25) is 0 Å². The van der Waals surface area contributed by atoms with E-state index in [1.54, 1.807) is 0 Å². The maximum atomic E-state index is 14.7. The molecule has 62 heavy (non-hydrogen) atoms. The van der Waals surface area contributed by atoms with Crippen LogP contribution >= 0.6 is 0 Å². The molecule has 8 rings (SSSR count). The SMILES string of the molecule is CC(C)(CNc1ccc(-c2cccc(C3CNCCN3C(=O)N3CCNCC3c3cccc(-c4ccc(NCC(C)(C)c5ccc(F)cc5)nn4)c3)c2)nn1)c1ccc(F)cc1. The Labute approximate surface area is 362 Å². The van der Waals surface area contributed by atoms with Gasteiger partial charge in [-0.15, -0.1) is 20.4 Å². The number of rotatable bonds is 12. The van der Waals surface area contributed by atoms with Crippen molar-refractivity contribution in [2.24, 2.45) is 0 Å². The summed E-state index contributed by atoms with van der Waals surface area (Å²) in [4.78, 5) is 18.7. The highest BCUT2D eigenvalue weighted by Gasteiger charge is 2.36. The van der Waals surface area contributed by atoms with Gasteiger partial charge >= 0.3 is 6.03 Å². The van der Waals surface area contributed by atoms with E-state index in [1.807, 2.05) is 82.6 Å². The summed E-state index contributed by atoms with van der Waals surface area (Å²) in [6, 6.07) is 37.1. The fourth-order valence-electron chi connectivity index (χ4n) is 8.23. The first kappa shape index (κ1) is 42.4. The van der Waals surface area contributed by atoms with Gasteiger partial charge in [0.15, 0.2) is 0 Å². The first-order chi connectivity index (χ1) is 29.9. The van der Waals surface area contributed by atoms with Gasteiger partial charge in [0, 0.05) is 74.3 Å². The molecule has 0 radical (unpaired) electrons. The third-order valence-electron chi connectivity index (χ3n) is 12.1. The van der Waals surface area contributed by atoms with E-state index in [9.17, 15) is 13.6 Å². The lowest BCUT2D eigenvalue weighted by atomic mass is 9.84. The van der Waals surface area contributed by atoms with Crippen molar-refractivity contribution in [3.05, 3.63) is 155 Å². The Morgan fingerprint density at radius 1 is 0.597 bits per heavy atom. The Balaban J connectivity index is 0.934. The predicted molar refractivity (Wildman–Crippen MR) is 241 cm³/mol. The summed E-state index contributed by atoms with van der Waals surface area (Å²) in [6.07, 6.45) is 0. The Hall–Kier alpha value is -6.31. The minimum absolute atomic E-state index is 0.0105. The average Bonchev–Trinajstić information content (AvgIpc) is 3.31. The molecule has 320 valence electrons. The van der Waals surface area contributed by atoms with Gasteiger partial charge in [-0.1, -0.05) is 88.4 Å². The largest absolute Gasteiger partial charge is 0.368 e. The van der Waals surface area contributed by atoms with Crippen LogP contribution in [0.4, 0.5) is 25.2 Å². The zero-order valence-corrected chi connectivity index (χ0v) is 35.7. The van der Waals surface area contributed by atoms with Crippen LogP contribution in [0, 0.1) is 11.6 Å². The lowest BCUT2D eigenvalue weighted by molar-refractivity contribution is 0.0960. The van der Waals surface area contributed by atoms with Crippen molar-refractivity contribution < 1.29 is 13.6 Å². The highest BCUT2D eigenvalue weighted by atomic mass is 19.1. The molecule has 2 amide bonds. The molecule has 2 aliphatic heterocycles. The fourth-order valence-corrected chi connectivity index (χ4v) is 8.23. The van der Waals surface area contributed by atoms with E-state index in [2.05, 4.69) is 93.6 Å². The van der Waals surface area contributed by atoms with Crippen molar-refractivity contribution in [2.45, 2.75) is 50.6 Å². The van der Waals surface area contributed by atoms with Gasteiger partial charge in [-0.2, -0.15) is 0 Å². The number of piperazine rings is 2. The van der Waals surface area contributed by atoms with Crippen LogP contribution in [0.5, 0.6) is 0 Å². The maximum Gasteiger partial charge on any atom is 0.321 e. The van der Waals surface area contributed by atoms with Crippen LogP contribution in [0.1, 0.15) is 62.0 Å². The molecule has 2 fully saturated rings. The average molecular weight is 837 g/mol. The van der Waals surface area contributed by atoms with E-state index in [1.165, 1.54) is 24.3 Å². The Kier molecular flexibility index (Phi) is 12.5. The van der Waals surface area contributed by atoms with Crippen LogP contribution in [-0.4, -0.2) is 88.6 Å². The summed E-state index contributed by atoms with van der Waals surface area (Å²) in [5.74, 6) is 0.810. The van der Waals surface area contributed by atoms with Gasteiger partial charge in [0.1, 0.15) is 23.3 Å². The molecule has 2 unspecified atom stereocenters. The molecule has 2 atom stereocenters. The van der Waals surface area contributed by atoms with E-state index >= 15 is 0 Å². The normalized spacial score (nSPS) is 17.1. The Bertz CT molecular complexity index is 2270. The molecular formula is C49H54F2N10O. The lowest BCUT2D eigenvalue weighted by Gasteiger charge is -2.44. The van der Waals surface area contributed by atoms with Crippen molar-refractivity contribution in [1.82, 2.24) is 40.8 Å². The number of anilines is 2. The summed E-state index contributed by atoms with van der Waals surface area (Å²) >= 11 is 0. The molecule has 0 spiro atoms. The number of nitrogens with one attached hydrogen (secondary N) is 4. The third kappa shape index (κ3) is 9.74. The van der Waals surface area contributed by atoms with Gasteiger partial charge < -0.3 is 31.1 Å². The van der Waals surface area contributed by atoms with Gasteiger partial charge in [0.2, 0.25) is 0 Å². The molecule has 4 N–H and O–H groups in total. The molecule has 2 aromatic heterocycles. The van der Waals surface area contributed by atoms with Gasteiger partial charge in [-0.05, 0) is 82.9 Å². The molecular weight excluding hydrogens is 783 g/mol. The van der Waals surface area contributed by atoms with Crippen molar-refractivity contribution >= 4 is 17.7 Å². The molecule has 0 saturated carbocycles. The molecule has 2 aliphatic rings. The summed E-state index contributed by atoms with van der Waals surface area (Å²) < 4.78 is 27.0. The van der Waals surface area contributed by atoms with Gasteiger partial charge in [-0.25, -0.2) is 13.6 Å². The van der Waals surface area contributed by atoms with E-state index in [-0.39, 0.29) is 40.6 Å². The van der Waals surface area contributed by atoms with Crippen LogP contribution in [0.25, 0.3) is 22.5 Å². The first-order valence-electron chi connectivity index (χ1n) is 21.3. The minimum Gasteiger partial charge on any atom is -0.368 e. The summed E-state index contributed by atoms with van der Waals surface area (Å²) in [5.41, 5.74) is 6.93. The molecule has 4 aromatic carbocycles. The van der Waals surface area contributed by atoms with Crippen LogP contribution in [0.3, 0.4) is 0 Å². The maximum absolute atomic E-state index is 14.7. The van der Waals surface area contributed by atoms with Crippen molar-refractivity contribution in [1.29, 1.82) is 0 Å². The van der Waals surface area contributed by atoms with E-state index in [0.29, 0.717) is 64.0 Å². The van der Waals surface area contributed by atoms with Crippen molar-refractivity contribution in [3.8, 4) is 22.5 Å². The van der Waals surface area contributed by atoms with Crippen LogP contribution in [0.2, 0.25) is 0 Å². The monoisotopic (exact) mass is 836 g/mol. The highest BCUT2D eigenvalue weighted by molar-refractivity contribution is 5.76. The smallest absolute Gasteiger partial charge is 0.321 e. The first-order valence-corrected chi connectivity index (χ1v) is 21.3. The fraction of sp³-hybridized carbons (Fsp3) is 0.327. The van der Waals surface area contributed by atoms with Gasteiger partial charge in [0.25, 0.3) is 0 Å². The second-order valence-corrected chi connectivity index (χ2v) is 17.5. The van der Waals surface area contributed by atoms with Crippen LogP contribution in [0.15, 0.2) is 121 Å². The second kappa shape index (κ2) is 18.3. The topological polar surface area (TPSA) is 123 Å². The zero-order chi connectivity index (χ0) is 43.3. The quantitative estimate of drug-likeness (QED) is 0.0964. The molecule has 6 aromatic rings. The number of urea groups is 1. The van der Waals surface area contributed by atoms with E-state index < -0.39 is 0 Å². The second-order valence-electron chi connectivity index (χ2n) is 17.5. The molecule has 11 nitrogen and oxygen atoms in total.